The van der Waals surface area contributed by atoms with Gasteiger partial charge in [-0.15, -0.1) is 11.3 Å². The van der Waals surface area contributed by atoms with E-state index in [1.54, 1.807) is 20.3 Å². The molecular weight excluding hydrogens is 402 g/mol. The van der Waals surface area contributed by atoms with E-state index in [-0.39, 0.29) is 6.03 Å². The number of benzene rings is 2. The van der Waals surface area contributed by atoms with E-state index in [1.165, 1.54) is 11.3 Å². The fraction of sp³-hybridized carbons (Fsp3) is 0.273. The predicted octanol–water partition coefficient (Wildman–Crippen LogP) is 4.94. The highest BCUT2D eigenvalue weighted by Crippen LogP contribution is 2.28. The molecule has 0 saturated carbocycles. The predicted molar refractivity (Wildman–Crippen MR) is 119 cm³/mol. The van der Waals surface area contributed by atoms with Crippen molar-refractivity contribution < 1.29 is 19.0 Å². The Bertz CT molecular complexity index is 973. The third-order valence-corrected chi connectivity index (χ3v) is 5.01. The molecule has 0 atom stereocenters. The standard InChI is InChI=1S/C22H25N3O4S/c1-4-11-29-17-8-6-16(7-9-17)18-14-30-22(24-18)25-21(26)23-13-15-5-10-19(27-2)20(12-15)28-3/h5-10,12,14H,4,11,13H2,1-3H3,(H2,23,24,25,26). The van der Waals surface area contributed by atoms with Crippen molar-refractivity contribution in [2.45, 2.75) is 19.9 Å². The molecule has 158 valence electrons. The summed E-state index contributed by atoms with van der Waals surface area (Å²) in [5.74, 6) is 2.10. The second-order valence-corrected chi connectivity index (χ2v) is 7.27. The van der Waals surface area contributed by atoms with E-state index in [2.05, 4.69) is 22.5 Å². The van der Waals surface area contributed by atoms with Crippen molar-refractivity contribution in [3.05, 3.63) is 53.4 Å². The molecule has 1 aromatic heterocycles. The molecule has 3 rings (SSSR count). The number of rotatable bonds is 9. The molecule has 30 heavy (non-hydrogen) atoms. The number of carbonyl (C=O) groups is 1. The third kappa shape index (κ3) is 5.64. The van der Waals surface area contributed by atoms with Crippen LogP contribution in [0, 0.1) is 0 Å². The minimum atomic E-state index is -0.325. The van der Waals surface area contributed by atoms with E-state index >= 15 is 0 Å². The summed E-state index contributed by atoms with van der Waals surface area (Å²) in [6, 6.07) is 12.9. The highest BCUT2D eigenvalue weighted by molar-refractivity contribution is 7.14. The maximum Gasteiger partial charge on any atom is 0.321 e. The van der Waals surface area contributed by atoms with Gasteiger partial charge in [-0.2, -0.15) is 0 Å². The molecule has 8 heteroatoms. The molecule has 2 aromatic carbocycles. The Labute approximate surface area is 180 Å². The van der Waals surface area contributed by atoms with Gasteiger partial charge in [0.1, 0.15) is 5.75 Å². The van der Waals surface area contributed by atoms with Gasteiger partial charge in [0, 0.05) is 17.5 Å². The van der Waals surface area contributed by atoms with Crippen LogP contribution in [0.1, 0.15) is 18.9 Å². The van der Waals surface area contributed by atoms with Crippen molar-refractivity contribution in [2.75, 3.05) is 26.1 Å². The Morgan fingerprint density at radius 1 is 1.07 bits per heavy atom. The molecule has 0 unspecified atom stereocenters. The Morgan fingerprint density at radius 3 is 2.53 bits per heavy atom. The summed E-state index contributed by atoms with van der Waals surface area (Å²) >= 11 is 1.37. The van der Waals surface area contributed by atoms with Crippen molar-refractivity contribution in [1.29, 1.82) is 0 Å². The topological polar surface area (TPSA) is 81.7 Å². The van der Waals surface area contributed by atoms with E-state index in [0.717, 1.165) is 29.0 Å². The summed E-state index contributed by atoms with van der Waals surface area (Å²) in [4.78, 5) is 16.7. The quantitative estimate of drug-likeness (QED) is 0.506. The average Bonchev–Trinajstić information content (AvgIpc) is 3.24. The summed E-state index contributed by atoms with van der Waals surface area (Å²) < 4.78 is 16.1. The average molecular weight is 428 g/mol. The van der Waals surface area contributed by atoms with E-state index < -0.39 is 0 Å². The first-order valence-corrected chi connectivity index (χ1v) is 10.5. The molecule has 2 N–H and O–H groups in total. The largest absolute Gasteiger partial charge is 0.494 e. The first-order valence-electron chi connectivity index (χ1n) is 9.57. The maximum atomic E-state index is 12.2. The van der Waals surface area contributed by atoms with Crippen LogP contribution in [0.5, 0.6) is 17.2 Å². The monoisotopic (exact) mass is 427 g/mol. The number of nitrogens with one attached hydrogen (secondary N) is 2. The number of aromatic nitrogens is 1. The zero-order chi connectivity index (χ0) is 21.3. The van der Waals surface area contributed by atoms with E-state index in [0.29, 0.717) is 29.8 Å². The first kappa shape index (κ1) is 21.4. The first-order chi connectivity index (χ1) is 14.6. The van der Waals surface area contributed by atoms with Gasteiger partial charge in [-0.25, -0.2) is 9.78 Å². The number of carbonyl (C=O) groups excluding carboxylic acids is 1. The van der Waals surface area contributed by atoms with Crippen molar-refractivity contribution in [3.8, 4) is 28.5 Å². The molecule has 0 aliphatic heterocycles. The van der Waals surface area contributed by atoms with Crippen LogP contribution in [0.2, 0.25) is 0 Å². The van der Waals surface area contributed by atoms with Crippen LogP contribution in [0.15, 0.2) is 47.8 Å². The second-order valence-electron chi connectivity index (χ2n) is 6.41. The third-order valence-electron chi connectivity index (χ3n) is 4.25. The minimum Gasteiger partial charge on any atom is -0.494 e. The lowest BCUT2D eigenvalue weighted by atomic mass is 10.2. The number of amides is 2. The molecule has 3 aromatic rings. The lowest BCUT2D eigenvalue weighted by Crippen LogP contribution is -2.28. The number of hydrogen-bond donors (Lipinski definition) is 2. The van der Waals surface area contributed by atoms with E-state index in [9.17, 15) is 4.79 Å². The maximum absolute atomic E-state index is 12.2. The molecule has 7 nitrogen and oxygen atoms in total. The van der Waals surface area contributed by atoms with Crippen LogP contribution < -0.4 is 24.8 Å². The smallest absolute Gasteiger partial charge is 0.321 e. The van der Waals surface area contributed by atoms with Crippen molar-refractivity contribution in [2.24, 2.45) is 0 Å². The Balaban J connectivity index is 1.54. The van der Waals surface area contributed by atoms with Gasteiger partial charge in [0.05, 0.1) is 26.5 Å². The second kappa shape index (κ2) is 10.5. The van der Waals surface area contributed by atoms with Gasteiger partial charge in [-0.05, 0) is 48.4 Å². The minimum absolute atomic E-state index is 0.325. The molecule has 0 aliphatic carbocycles. The number of ether oxygens (including phenoxy) is 3. The highest BCUT2D eigenvalue weighted by atomic mass is 32.1. The van der Waals surface area contributed by atoms with Crippen LogP contribution in [0.4, 0.5) is 9.93 Å². The van der Waals surface area contributed by atoms with Gasteiger partial charge in [-0.1, -0.05) is 13.0 Å². The number of urea groups is 1. The van der Waals surface area contributed by atoms with Crippen LogP contribution in [-0.2, 0) is 6.54 Å². The molecule has 1 heterocycles. The number of anilines is 1. The van der Waals surface area contributed by atoms with Gasteiger partial charge < -0.3 is 19.5 Å². The molecule has 0 saturated heterocycles. The zero-order valence-corrected chi connectivity index (χ0v) is 18.0. The summed E-state index contributed by atoms with van der Waals surface area (Å²) in [5.41, 5.74) is 2.67. The summed E-state index contributed by atoms with van der Waals surface area (Å²) in [6.07, 6.45) is 0.969. The van der Waals surface area contributed by atoms with Gasteiger partial charge in [0.25, 0.3) is 0 Å². The van der Waals surface area contributed by atoms with Gasteiger partial charge >= 0.3 is 6.03 Å². The molecule has 0 fully saturated rings. The van der Waals surface area contributed by atoms with Gasteiger partial charge in [-0.3, -0.25) is 5.32 Å². The molecular formula is C22H25N3O4S. The number of methoxy groups -OCH3 is 2. The lowest BCUT2D eigenvalue weighted by molar-refractivity contribution is 0.251. The normalized spacial score (nSPS) is 10.4. The van der Waals surface area contributed by atoms with Crippen LogP contribution in [0.25, 0.3) is 11.3 Å². The fourth-order valence-electron chi connectivity index (χ4n) is 2.72. The zero-order valence-electron chi connectivity index (χ0n) is 17.2. The summed E-state index contributed by atoms with van der Waals surface area (Å²) in [5, 5.41) is 8.02. The fourth-order valence-corrected chi connectivity index (χ4v) is 3.43. The van der Waals surface area contributed by atoms with Gasteiger partial charge in [0.2, 0.25) is 0 Å². The summed E-state index contributed by atoms with van der Waals surface area (Å²) in [7, 11) is 3.16. The van der Waals surface area contributed by atoms with E-state index in [4.69, 9.17) is 14.2 Å². The van der Waals surface area contributed by atoms with Crippen LogP contribution in [0.3, 0.4) is 0 Å². The summed E-state index contributed by atoms with van der Waals surface area (Å²) in [6.45, 7) is 3.12. The SMILES string of the molecule is CCCOc1ccc(-c2csc(NC(=O)NCc3ccc(OC)c(OC)c3)n2)cc1. The Morgan fingerprint density at radius 2 is 1.83 bits per heavy atom. The molecule has 0 bridgehead atoms. The Kier molecular flexibility index (Phi) is 7.51. The van der Waals surface area contributed by atoms with Crippen LogP contribution >= 0.6 is 11.3 Å². The highest BCUT2D eigenvalue weighted by Gasteiger charge is 2.09. The number of nitrogens with zero attached hydrogens (tertiary/aromatic N) is 1. The van der Waals surface area contributed by atoms with Crippen molar-refractivity contribution >= 4 is 22.5 Å². The lowest BCUT2D eigenvalue weighted by Gasteiger charge is -2.10. The van der Waals surface area contributed by atoms with Crippen LogP contribution in [-0.4, -0.2) is 31.8 Å². The van der Waals surface area contributed by atoms with Gasteiger partial charge in [0.15, 0.2) is 16.6 Å². The molecule has 2 amide bonds. The van der Waals surface area contributed by atoms with E-state index in [1.807, 2.05) is 41.8 Å². The van der Waals surface area contributed by atoms with Crippen molar-refractivity contribution in [1.82, 2.24) is 10.3 Å². The Hall–Kier alpha value is -3.26. The molecule has 0 radical (unpaired) electrons. The number of thiazole rings is 1. The molecule has 0 aliphatic rings. The van der Waals surface area contributed by atoms with Crippen molar-refractivity contribution in [3.63, 3.8) is 0 Å². The number of hydrogen-bond acceptors (Lipinski definition) is 6. The molecule has 0 spiro atoms.